The maximum absolute atomic E-state index is 12.3. The highest BCUT2D eigenvalue weighted by atomic mass is 16.5. The van der Waals surface area contributed by atoms with Crippen LogP contribution in [0.1, 0.15) is 20.9 Å². The smallest absolute Gasteiger partial charge is 0.342 e. The second-order valence-electron chi connectivity index (χ2n) is 5.86. The van der Waals surface area contributed by atoms with Gasteiger partial charge in [0.2, 0.25) is 5.78 Å². The van der Waals surface area contributed by atoms with E-state index in [0.29, 0.717) is 5.58 Å². The number of phenols is 1. The molecule has 0 atom stereocenters. The van der Waals surface area contributed by atoms with Gasteiger partial charge in [-0.1, -0.05) is 42.5 Å². The van der Waals surface area contributed by atoms with Crippen molar-refractivity contribution in [3.8, 4) is 5.75 Å². The first-order chi connectivity index (χ1) is 12.6. The van der Waals surface area contributed by atoms with E-state index in [0.717, 1.165) is 16.2 Å². The van der Waals surface area contributed by atoms with Crippen LogP contribution in [0, 0.1) is 0 Å². The summed E-state index contributed by atoms with van der Waals surface area (Å²) in [6, 6.07) is 19.2. The first-order valence-corrected chi connectivity index (χ1v) is 8.02. The predicted molar refractivity (Wildman–Crippen MR) is 96.4 cm³/mol. The fraction of sp³-hybridized carbons (Fsp3) is 0.0476. The highest BCUT2D eigenvalue weighted by Gasteiger charge is 2.18. The third kappa shape index (κ3) is 2.91. The number of ketones is 1. The zero-order chi connectivity index (χ0) is 18.1. The Morgan fingerprint density at radius 3 is 2.27 bits per heavy atom. The molecule has 1 aromatic heterocycles. The van der Waals surface area contributed by atoms with Gasteiger partial charge in [-0.25, -0.2) is 4.79 Å². The van der Waals surface area contributed by atoms with Crippen molar-refractivity contribution in [1.82, 2.24) is 0 Å². The van der Waals surface area contributed by atoms with E-state index >= 15 is 0 Å². The SMILES string of the molecule is O=C(COC(=O)c1cc2ccccc2cc1O)c1cc2ccccc2o1. The van der Waals surface area contributed by atoms with Gasteiger partial charge in [0.05, 0.1) is 0 Å². The first kappa shape index (κ1) is 15.9. The molecule has 5 heteroatoms. The third-order valence-corrected chi connectivity index (χ3v) is 4.12. The maximum atomic E-state index is 12.3. The van der Waals surface area contributed by atoms with Crippen LogP contribution in [0.15, 0.2) is 71.1 Å². The van der Waals surface area contributed by atoms with E-state index in [1.165, 1.54) is 6.07 Å². The van der Waals surface area contributed by atoms with Crippen LogP contribution >= 0.6 is 0 Å². The summed E-state index contributed by atoms with van der Waals surface area (Å²) in [4.78, 5) is 24.5. The number of carbonyl (C=O) groups excluding carboxylic acids is 2. The molecular weight excluding hydrogens is 332 g/mol. The molecule has 0 radical (unpaired) electrons. The van der Waals surface area contributed by atoms with Gasteiger partial charge in [-0.3, -0.25) is 4.79 Å². The molecular formula is C21H14O5. The fourth-order valence-electron chi connectivity index (χ4n) is 2.79. The molecule has 4 rings (SSSR count). The molecule has 4 aromatic rings. The third-order valence-electron chi connectivity index (χ3n) is 4.12. The Hall–Kier alpha value is -3.60. The summed E-state index contributed by atoms with van der Waals surface area (Å²) in [5, 5.41) is 12.5. The number of fused-ring (bicyclic) bond motifs is 2. The van der Waals surface area contributed by atoms with Gasteiger partial charge in [-0.05, 0) is 35.0 Å². The van der Waals surface area contributed by atoms with Crippen molar-refractivity contribution in [2.24, 2.45) is 0 Å². The average Bonchev–Trinajstić information content (AvgIpc) is 3.09. The lowest BCUT2D eigenvalue weighted by Gasteiger charge is -2.07. The van der Waals surface area contributed by atoms with Crippen LogP contribution in [-0.2, 0) is 4.74 Å². The highest BCUT2D eigenvalue weighted by molar-refractivity contribution is 6.02. The van der Waals surface area contributed by atoms with Crippen molar-refractivity contribution in [1.29, 1.82) is 0 Å². The molecule has 0 aliphatic heterocycles. The van der Waals surface area contributed by atoms with Gasteiger partial charge in [-0.2, -0.15) is 0 Å². The summed E-state index contributed by atoms with van der Waals surface area (Å²) >= 11 is 0. The number of furan rings is 1. The Morgan fingerprint density at radius 2 is 1.54 bits per heavy atom. The molecule has 1 N–H and O–H groups in total. The van der Waals surface area contributed by atoms with E-state index in [-0.39, 0.29) is 17.1 Å². The topological polar surface area (TPSA) is 76.7 Å². The van der Waals surface area contributed by atoms with Crippen molar-refractivity contribution in [2.45, 2.75) is 0 Å². The first-order valence-electron chi connectivity index (χ1n) is 8.02. The summed E-state index contributed by atoms with van der Waals surface area (Å²) in [5.74, 6) is -1.28. The van der Waals surface area contributed by atoms with E-state index in [2.05, 4.69) is 0 Å². The maximum Gasteiger partial charge on any atom is 0.342 e. The van der Waals surface area contributed by atoms with Gasteiger partial charge >= 0.3 is 5.97 Å². The molecule has 0 unspecified atom stereocenters. The minimum Gasteiger partial charge on any atom is -0.507 e. The van der Waals surface area contributed by atoms with Crippen LogP contribution in [0.3, 0.4) is 0 Å². The van der Waals surface area contributed by atoms with Gasteiger partial charge < -0.3 is 14.3 Å². The molecule has 0 aliphatic carbocycles. The molecule has 0 saturated carbocycles. The lowest BCUT2D eigenvalue weighted by atomic mass is 10.1. The molecule has 1 heterocycles. The van der Waals surface area contributed by atoms with Crippen molar-refractivity contribution in [2.75, 3.05) is 6.61 Å². The fourth-order valence-corrected chi connectivity index (χ4v) is 2.79. The van der Waals surface area contributed by atoms with Crippen LogP contribution in [0.4, 0.5) is 0 Å². The Morgan fingerprint density at radius 1 is 0.885 bits per heavy atom. The zero-order valence-electron chi connectivity index (χ0n) is 13.6. The molecule has 128 valence electrons. The van der Waals surface area contributed by atoms with E-state index < -0.39 is 18.4 Å². The highest BCUT2D eigenvalue weighted by Crippen LogP contribution is 2.26. The summed E-state index contributed by atoms with van der Waals surface area (Å²) in [7, 11) is 0. The summed E-state index contributed by atoms with van der Waals surface area (Å²) in [6.45, 7) is -0.467. The number of phenolic OH excluding ortho intramolecular Hbond substituents is 1. The minimum absolute atomic E-state index is 0.0149. The second kappa shape index (κ2) is 6.37. The van der Waals surface area contributed by atoms with Gasteiger partial charge in [0.1, 0.15) is 16.9 Å². The number of para-hydroxylation sites is 1. The number of ether oxygens (including phenoxy) is 1. The normalized spacial score (nSPS) is 10.9. The molecule has 3 aromatic carbocycles. The molecule has 0 saturated heterocycles. The quantitative estimate of drug-likeness (QED) is 0.439. The van der Waals surface area contributed by atoms with Crippen LogP contribution in [-0.4, -0.2) is 23.5 Å². The molecule has 0 bridgehead atoms. The molecule has 0 amide bonds. The monoisotopic (exact) mass is 346 g/mol. The number of hydrogen-bond acceptors (Lipinski definition) is 5. The van der Waals surface area contributed by atoms with Gasteiger partial charge in [0.25, 0.3) is 0 Å². The van der Waals surface area contributed by atoms with Crippen LogP contribution in [0.5, 0.6) is 5.75 Å². The van der Waals surface area contributed by atoms with Crippen molar-refractivity contribution in [3.63, 3.8) is 0 Å². The number of aromatic hydroxyl groups is 1. The largest absolute Gasteiger partial charge is 0.507 e. The lowest BCUT2D eigenvalue weighted by molar-refractivity contribution is 0.0465. The zero-order valence-corrected chi connectivity index (χ0v) is 13.6. The number of hydrogen-bond donors (Lipinski definition) is 1. The van der Waals surface area contributed by atoms with E-state index in [4.69, 9.17) is 9.15 Å². The van der Waals surface area contributed by atoms with E-state index in [1.807, 2.05) is 42.5 Å². The van der Waals surface area contributed by atoms with E-state index in [9.17, 15) is 14.7 Å². The van der Waals surface area contributed by atoms with Gasteiger partial charge in [0, 0.05) is 5.39 Å². The number of carbonyl (C=O) groups is 2. The summed E-state index contributed by atoms with van der Waals surface area (Å²) in [6.07, 6.45) is 0. The van der Waals surface area contributed by atoms with Crippen molar-refractivity contribution in [3.05, 3.63) is 78.1 Å². The minimum atomic E-state index is -0.766. The number of esters is 1. The predicted octanol–water partition coefficient (Wildman–Crippen LogP) is 4.33. The van der Waals surface area contributed by atoms with Crippen LogP contribution in [0.2, 0.25) is 0 Å². The molecule has 5 nitrogen and oxygen atoms in total. The number of Topliss-reactive ketones (excluding diaryl/α,β-unsaturated/α-hetero) is 1. The standard InChI is InChI=1S/C21H14O5/c22-17-10-14-6-2-1-5-13(14)9-16(17)21(24)25-12-18(23)20-11-15-7-3-4-8-19(15)26-20/h1-11,22H,12H2. The van der Waals surface area contributed by atoms with Crippen LogP contribution in [0.25, 0.3) is 21.7 Å². The van der Waals surface area contributed by atoms with E-state index in [1.54, 1.807) is 18.2 Å². The molecule has 0 fully saturated rings. The summed E-state index contributed by atoms with van der Waals surface area (Å²) < 4.78 is 10.5. The van der Waals surface area contributed by atoms with Crippen LogP contribution < -0.4 is 0 Å². The van der Waals surface area contributed by atoms with Crippen molar-refractivity contribution >= 4 is 33.5 Å². The lowest BCUT2D eigenvalue weighted by Crippen LogP contribution is -2.14. The molecule has 0 aliphatic rings. The number of rotatable bonds is 4. The average molecular weight is 346 g/mol. The van der Waals surface area contributed by atoms with Gasteiger partial charge in [0.15, 0.2) is 12.4 Å². The van der Waals surface area contributed by atoms with Gasteiger partial charge in [-0.15, -0.1) is 0 Å². The second-order valence-corrected chi connectivity index (χ2v) is 5.86. The molecule has 0 spiro atoms. The number of benzene rings is 3. The Balaban J connectivity index is 1.51. The summed E-state index contributed by atoms with van der Waals surface area (Å²) in [5.41, 5.74) is 0.607. The Labute approximate surface area is 148 Å². The Kier molecular flexibility index (Phi) is 3.89. The molecule has 26 heavy (non-hydrogen) atoms. The van der Waals surface area contributed by atoms with Crippen molar-refractivity contribution < 1.29 is 23.8 Å². The Bertz CT molecular complexity index is 1110.